The minimum Gasteiger partial charge on any atom is -0.395 e. The van der Waals surface area contributed by atoms with Gasteiger partial charge in [-0.2, -0.15) is 5.10 Å². The summed E-state index contributed by atoms with van der Waals surface area (Å²) in [5.74, 6) is -0.627. The van der Waals surface area contributed by atoms with Gasteiger partial charge >= 0.3 is 0 Å². The van der Waals surface area contributed by atoms with Crippen LogP contribution >= 0.6 is 0 Å². The standard InChI is InChI=1S/C22H19FN4O3/c23-16-4-6-17(7-5-16)27-20-3-1-2-18(19(20)14-25-27)22(30)24-13-15-8-9-26(10-11-28)21(29)12-15/h1-9,12,14,28H,10-11,13H2,(H,24,30). The number of aliphatic hydroxyl groups is 1. The predicted molar refractivity (Wildman–Crippen MR) is 110 cm³/mol. The molecule has 0 aliphatic heterocycles. The number of aliphatic hydroxyl groups excluding tert-OH is 1. The van der Waals surface area contributed by atoms with Crippen LogP contribution in [0.4, 0.5) is 4.39 Å². The number of amides is 1. The summed E-state index contributed by atoms with van der Waals surface area (Å²) in [7, 11) is 0. The summed E-state index contributed by atoms with van der Waals surface area (Å²) < 4.78 is 16.3. The van der Waals surface area contributed by atoms with E-state index in [0.29, 0.717) is 22.2 Å². The number of aromatic nitrogens is 3. The Morgan fingerprint density at radius 3 is 2.67 bits per heavy atom. The fourth-order valence-corrected chi connectivity index (χ4v) is 3.27. The van der Waals surface area contributed by atoms with Crippen LogP contribution in [0.5, 0.6) is 0 Å². The second-order valence-electron chi connectivity index (χ2n) is 6.74. The van der Waals surface area contributed by atoms with Gasteiger partial charge in [-0.05, 0) is 48.0 Å². The summed E-state index contributed by atoms with van der Waals surface area (Å²) >= 11 is 0. The molecule has 4 aromatic rings. The molecule has 0 aliphatic rings. The zero-order valence-electron chi connectivity index (χ0n) is 16.0. The molecule has 1 amide bonds. The van der Waals surface area contributed by atoms with Crippen LogP contribution in [0.2, 0.25) is 0 Å². The number of carbonyl (C=O) groups is 1. The number of hydrogen-bond acceptors (Lipinski definition) is 4. The molecule has 4 rings (SSSR count). The molecule has 2 aromatic heterocycles. The monoisotopic (exact) mass is 406 g/mol. The zero-order valence-corrected chi connectivity index (χ0v) is 16.0. The topological polar surface area (TPSA) is 89.2 Å². The quantitative estimate of drug-likeness (QED) is 0.514. The lowest BCUT2D eigenvalue weighted by Gasteiger charge is -2.09. The molecule has 0 radical (unpaired) electrons. The van der Waals surface area contributed by atoms with Crippen molar-refractivity contribution in [1.82, 2.24) is 19.7 Å². The summed E-state index contributed by atoms with van der Waals surface area (Å²) in [5.41, 5.74) is 2.29. The van der Waals surface area contributed by atoms with Crippen molar-refractivity contribution in [3.63, 3.8) is 0 Å². The summed E-state index contributed by atoms with van der Waals surface area (Å²) in [4.78, 5) is 24.7. The first-order valence-electron chi connectivity index (χ1n) is 9.38. The van der Waals surface area contributed by atoms with Crippen LogP contribution in [-0.2, 0) is 13.1 Å². The molecular weight excluding hydrogens is 387 g/mol. The molecule has 0 saturated heterocycles. The number of nitrogens with one attached hydrogen (secondary N) is 1. The molecular formula is C22H19FN4O3. The van der Waals surface area contributed by atoms with Crippen LogP contribution in [0.1, 0.15) is 15.9 Å². The summed E-state index contributed by atoms with van der Waals surface area (Å²) in [6, 6.07) is 14.4. The average molecular weight is 406 g/mol. The Morgan fingerprint density at radius 2 is 1.93 bits per heavy atom. The van der Waals surface area contributed by atoms with E-state index in [1.54, 1.807) is 47.4 Å². The molecule has 0 spiro atoms. The lowest BCUT2D eigenvalue weighted by atomic mass is 10.1. The van der Waals surface area contributed by atoms with Gasteiger partial charge in [0.05, 0.1) is 29.6 Å². The number of rotatable bonds is 6. The first kappa shape index (κ1) is 19.5. The molecule has 0 aliphatic carbocycles. The maximum atomic E-state index is 13.2. The minimum atomic E-state index is -0.334. The minimum absolute atomic E-state index is 0.119. The van der Waals surface area contributed by atoms with Gasteiger partial charge in [-0.1, -0.05) is 6.07 Å². The van der Waals surface area contributed by atoms with Gasteiger partial charge in [0.25, 0.3) is 11.5 Å². The fourth-order valence-electron chi connectivity index (χ4n) is 3.27. The van der Waals surface area contributed by atoms with Crippen molar-refractivity contribution in [3.05, 3.63) is 94.3 Å². The van der Waals surface area contributed by atoms with Crippen molar-refractivity contribution in [2.75, 3.05) is 6.61 Å². The maximum absolute atomic E-state index is 13.2. The molecule has 0 bridgehead atoms. The number of pyridine rings is 1. The first-order valence-corrected chi connectivity index (χ1v) is 9.38. The van der Waals surface area contributed by atoms with E-state index < -0.39 is 0 Å². The van der Waals surface area contributed by atoms with Crippen molar-refractivity contribution in [2.24, 2.45) is 0 Å². The number of hydrogen-bond donors (Lipinski definition) is 2. The van der Waals surface area contributed by atoms with E-state index in [9.17, 15) is 14.0 Å². The van der Waals surface area contributed by atoms with E-state index in [2.05, 4.69) is 10.4 Å². The van der Waals surface area contributed by atoms with Gasteiger partial charge in [0.1, 0.15) is 5.82 Å². The SMILES string of the molecule is O=C(NCc1ccn(CCO)c(=O)c1)c1cccc2c1cnn2-c1ccc(F)cc1. The molecule has 0 fully saturated rings. The van der Waals surface area contributed by atoms with E-state index >= 15 is 0 Å². The molecule has 0 unspecified atom stereocenters. The highest BCUT2D eigenvalue weighted by molar-refractivity contribution is 6.06. The molecule has 2 aromatic carbocycles. The third-order valence-corrected chi connectivity index (χ3v) is 4.78. The lowest BCUT2D eigenvalue weighted by Crippen LogP contribution is -2.25. The number of fused-ring (bicyclic) bond motifs is 1. The number of nitrogens with zero attached hydrogens (tertiary/aromatic N) is 3. The molecule has 8 heteroatoms. The summed E-state index contributed by atoms with van der Waals surface area (Å²) in [5, 5.41) is 16.8. The third kappa shape index (κ3) is 3.85. The average Bonchev–Trinajstić information content (AvgIpc) is 3.18. The molecule has 2 N–H and O–H groups in total. The summed E-state index contributed by atoms with van der Waals surface area (Å²) in [6.07, 6.45) is 3.19. The van der Waals surface area contributed by atoms with Crippen LogP contribution in [-0.4, -0.2) is 32.0 Å². The number of carbonyl (C=O) groups excluding carboxylic acids is 1. The maximum Gasteiger partial charge on any atom is 0.252 e. The van der Waals surface area contributed by atoms with Gasteiger partial charge in [0.2, 0.25) is 0 Å². The highest BCUT2D eigenvalue weighted by atomic mass is 19.1. The Balaban J connectivity index is 1.56. The van der Waals surface area contributed by atoms with E-state index in [4.69, 9.17) is 5.11 Å². The number of benzene rings is 2. The third-order valence-electron chi connectivity index (χ3n) is 4.78. The molecule has 0 saturated carbocycles. The summed E-state index contributed by atoms with van der Waals surface area (Å²) in [6.45, 7) is 0.299. The predicted octanol–water partition coefficient (Wildman–Crippen LogP) is 2.25. The second kappa shape index (κ2) is 8.30. The van der Waals surface area contributed by atoms with Crippen LogP contribution in [0.3, 0.4) is 0 Å². The molecule has 0 atom stereocenters. The van der Waals surface area contributed by atoms with Crippen LogP contribution in [0.25, 0.3) is 16.6 Å². The zero-order chi connectivity index (χ0) is 21.1. The fraction of sp³-hybridized carbons (Fsp3) is 0.136. The van der Waals surface area contributed by atoms with Crippen LogP contribution < -0.4 is 10.9 Å². The van der Waals surface area contributed by atoms with E-state index in [1.165, 1.54) is 22.8 Å². The van der Waals surface area contributed by atoms with Crippen molar-refractivity contribution < 1.29 is 14.3 Å². The van der Waals surface area contributed by atoms with Crippen LogP contribution in [0, 0.1) is 5.82 Å². The Hall–Kier alpha value is -3.78. The molecule has 30 heavy (non-hydrogen) atoms. The van der Waals surface area contributed by atoms with E-state index in [0.717, 1.165) is 5.52 Å². The van der Waals surface area contributed by atoms with Gasteiger partial charge in [0, 0.05) is 30.7 Å². The van der Waals surface area contributed by atoms with Gasteiger partial charge in [-0.3, -0.25) is 9.59 Å². The highest BCUT2D eigenvalue weighted by Gasteiger charge is 2.14. The first-order chi connectivity index (χ1) is 14.6. The highest BCUT2D eigenvalue weighted by Crippen LogP contribution is 2.22. The smallest absolute Gasteiger partial charge is 0.252 e. The van der Waals surface area contributed by atoms with Gasteiger partial charge in [0.15, 0.2) is 0 Å². The van der Waals surface area contributed by atoms with Crippen molar-refractivity contribution >= 4 is 16.8 Å². The Morgan fingerprint density at radius 1 is 1.13 bits per heavy atom. The van der Waals surface area contributed by atoms with Crippen LogP contribution in [0.15, 0.2) is 71.8 Å². The van der Waals surface area contributed by atoms with Gasteiger partial charge in [-0.25, -0.2) is 9.07 Å². The van der Waals surface area contributed by atoms with Crippen molar-refractivity contribution in [2.45, 2.75) is 13.1 Å². The van der Waals surface area contributed by atoms with Crippen molar-refractivity contribution in [3.8, 4) is 5.69 Å². The Bertz CT molecular complexity index is 1260. The molecule has 2 heterocycles. The van der Waals surface area contributed by atoms with E-state index in [1.807, 2.05) is 6.07 Å². The van der Waals surface area contributed by atoms with E-state index in [-0.39, 0.29) is 37.0 Å². The van der Waals surface area contributed by atoms with Crippen molar-refractivity contribution in [1.29, 1.82) is 0 Å². The molecule has 152 valence electrons. The lowest BCUT2D eigenvalue weighted by molar-refractivity contribution is 0.0952. The Kier molecular flexibility index (Phi) is 5.40. The second-order valence-corrected chi connectivity index (χ2v) is 6.74. The number of halogens is 1. The Labute approximate surface area is 171 Å². The van der Waals surface area contributed by atoms with Gasteiger partial charge < -0.3 is 15.0 Å². The van der Waals surface area contributed by atoms with Gasteiger partial charge in [-0.15, -0.1) is 0 Å². The normalized spacial score (nSPS) is 11.0. The largest absolute Gasteiger partial charge is 0.395 e. The molecule has 7 nitrogen and oxygen atoms in total.